The molecule has 0 fully saturated rings. The number of carbonyl (C=O) groups is 1. The number of thiazole rings is 1. The van der Waals surface area contributed by atoms with Gasteiger partial charge in [0, 0.05) is 26.4 Å². The number of rotatable bonds is 6. The number of hydrogen-bond acceptors (Lipinski definition) is 6. The van der Waals surface area contributed by atoms with E-state index in [9.17, 15) is 9.59 Å². The third-order valence-corrected chi connectivity index (χ3v) is 4.45. The Bertz CT molecular complexity index is 931. The van der Waals surface area contributed by atoms with Crippen molar-refractivity contribution in [1.29, 1.82) is 0 Å². The molecule has 1 N–H and O–H groups in total. The molecule has 130 valence electrons. The lowest BCUT2D eigenvalue weighted by atomic mass is 10.2. The van der Waals surface area contributed by atoms with Crippen LogP contribution in [0.2, 0.25) is 0 Å². The van der Waals surface area contributed by atoms with Crippen molar-refractivity contribution in [3.8, 4) is 5.75 Å². The Morgan fingerprint density at radius 1 is 1.32 bits per heavy atom. The number of anilines is 1. The van der Waals surface area contributed by atoms with Gasteiger partial charge in [-0.25, -0.2) is 4.98 Å². The van der Waals surface area contributed by atoms with Crippen LogP contribution in [0.1, 0.15) is 10.4 Å². The summed E-state index contributed by atoms with van der Waals surface area (Å²) in [5.41, 5.74) is 0.821. The maximum atomic E-state index is 12.6. The molecule has 2 aromatic heterocycles. The van der Waals surface area contributed by atoms with Crippen LogP contribution in [-0.4, -0.2) is 35.8 Å². The van der Waals surface area contributed by atoms with Crippen molar-refractivity contribution in [2.24, 2.45) is 7.05 Å². The number of benzene rings is 1. The number of hydrogen-bond donors (Lipinski definition) is 1. The number of nitrogens with zero attached hydrogens (tertiary/aromatic N) is 2. The molecule has 1 aromatic carbocycles. The van der Waals surface area contributed by atoms with Gasteiger partial charge in [0.25, 0.3) is 11.5 Å². The second kappa shape index (κ2) is 7.45. The van der Waals surface area contributed by atoms with E-state index in [1.54, 1.807) is 14.2 Å². The van der Waals surface area contributed by atoms with E-state index in [-0.39, 0.29) is 29.4 Å². The largest absolute Gasteiger partial charge is 0.490 e. The summed E-state index contributed by atoms with van der Waals surface area (Å²) in [6.45, 7) is 0.596. The number of amides is 1. The fourth-order valence-corrected chi connectivity index (χ4v) is 3.09. The van der Waals surface area contributed by atoms with E-state index in [1.807, 2.05) is 24.3 Å². The summed E-state index contributed by atoms with van der Waals surface area (Å²) in [6.07, 6.45) is 1.45. The molecule has 2 heterocycles. The van der Waals surface area contributed by atoms with Crippen LogP contribution in [0.15, 0.2) is 41.3 Å². The van der Waals surface area contributed by atoms with Gasteiger partial charge in [-0.1, -0.05) is 23.5 Å². The summed E-state index contributed by atoms with van der Waals surface area (Å²) >= 11 is 1.38. The van der Waals surface area contributed by atoms with Crippen molar-refractivity contribution in [2.45, 2.75) is 0 Å². The number of fused-ring (bicyclic) bond motifs is 1. The maximum absolute atomic E-state index is 12.6. The van der Waals surface area contributed by atoms with E-state index in [0.29, 0.717) is 11.7 Å². The number of methoxy groups -OCH3 is 1. The molecule has 3 aromatic rings. The van der Waals surface area contributed by atoms with E-state index in [1.165, 1.54) is 28.2 Å². The third-order valence-electron chi connectivity index (χ3n) is 3.49. The molecule has 3 rings (SSSR count). The Morgan fingerprint density at radius 3 is 2.88 bits per heavy atom. The number of aryl methyl sites for hydroxylation is 1. The maximum Gasteiger partial charge on any atom is 0.262 e. The molecule has 0 aliphatic rings. The van der Waals surface area contributed by atoms with Gasteiger partial charge in [0.05, 0.1) is 22.4 Å². The van der Waals surface area contributed by atoms with Crippen LogP contribution in [0, 0.1) is 0 Å². The van der Waals surface area contributed by atoms with Gasteiger partial charge in [-0.3, -0.25) is 14.9 Å². The smallest absolute Gasteiger partial charge is 0.262 e. The summed E-state index contributed by atoms with van der Waals surface area (Å²) in [7, 11) is 3.13. The first kappa shape index (κ1) is 17.1. The lowest BCUT2D eigenvalue weighted by molar-refractivity contribution is 0.101. The number of para-hydroxylation sites is 1. The van der Waals surface area contributed by atoms with Crippen LogP contribution < -0.4 is 15.6 Å². The van der Waals surface area contributed by atoms with Crippen LogP contribution >= 0.6 is 11.3 Å². The van der Waals surface area contributed by atoms with Crippen molar-refractivity contribution in [3.05, 3.63) is 52.4 Å². The minimum atomic E-state index is -0.387. The molecule has 1 amide bonds. The molecule has 0 saturated carbocycles. The summed E-state index contributed by atoms with van der Waals surface area (Å²) in [4.78, 5) is 28.9. The lowest BCUT2D eigenvalue weighted by Gasteiger charge is -2.11. The highest BCUT2D eigenvalue weighted by molar-refractivity contribution is 7.22. The molecular formula is C17H17N3O4S. The Hall–Kier alpha value is -2.71. The van der Waals surface area contributed by atoms with Crippen molar-refractivity contribution >= 4 is 32.6 Å². The zero-order valence-electron chi connectivity index (χ0n) is 13.8. The highest BCUT2D eigenvalue weighted by Gasteiger charge is 2.17. The van der Waals surface area contributed by atoms with Gasteiger partial charge in [0.15, 0.2) is 5.13 Å². The number of carbonyl (C=O) groups excluding carboxylic acids is 1. The first-order chi connectivity index (χ1) is 12.1. The fraction of sp³-hybridized carbons (Fsp3) is 0.235. The number of aromatic nitrogens is 2. The SMILES string of the molecule is COCCOc1cc(=O)n(C)cc1C(=O)Nc1nc2ccccc2s1. The highest BCUT2D eigenvalue weighted by atomic mass is 32.1. The molecule has 0 aliphatic carbocycles. The van der Waals surface area contributed by atoms with E-state index in [0.717, 1.165) is 10.2 Å². The monoisotopic (exact) mass is 359 g/mol. The molecule has 0 atom stereocenters. The van der Waals surface area contributed by atoms with Crippen LogP contribution in [-0.2, 0) is 11.8 Å². The predicted molar refractivity (Wildman–Crippen MR) is 96.6 cm³/mol. The third kappa shape index (κ3) is 3.86. The standard InChI is InChI=1S/C17H17N3O4S/c1-20-10-11(13(9-15(20)21)24-8-7-23-2)16(22)19-17-18-12-5-3-4-6-14(12)25-17/h3-6,9-10H,7-8H2,1-2H3,(H,18,19,22). The van der Waals surface area contributed by atoms with E-state index in [2.05, 4.69) is 10.3 Å². The van der Waals surface area contributed by atoms with E-state index >= 15 is 0 Å². The Balaban J connectivity index is 1.87. The zero-order valence-corrected chi connectivity index (χ0v) is 14.6. The second-order valence-electron chi connectivity index (χ2n) is 5.28. The van der Waals surface area contributed by atoms with Crippen molar-refractivity contribution in [2.75, 3.05) is 25.6 Å². The zero-order chi connectivity index (χ0) is 17.8. The molecule has 0 unspecified atom stereocenters. The molecule has 0 aliphatic heterocycles. The summed E-state index contributed by atoms with van der Waals surface area (Å²) < 4.78 is 12.8. The van der Waals surface area contributed by atoms with Gasteiger partial charge in [-0.05, 0) is 12.1 Å². The van der Waals surface area contributed by atoms with Crippen LogP contribution in [0.25, 0.3) is 10.2 Å². The van der Waals surface area contributed by atoms with Gasteiger partial charge in [0.2, 0.25) is 0 Å². The molecule has 0 radical (unpaired) electrons. The number of pyridine rings is 1. The predicted octanol–water partition coefficient (Wildman–Crippen LogP) is 2.27. The Kier molecular flexibility index (Phi) is 5.11. The average Bonchev–Trinajstić information content (AvgIpc) is 3.00. The van der Waals surface area contributed by atoms with Crippen molar-refractivity contribution in [3.63, 3.8) is 0 Å². The molecular weight excluding hydrogens is 342 g/mol. The molecule has 0 saturated heterocycles. The van der Waals surface area contributed by atoms with Crippen LogP contribution in [0.5, 0.6) is 5.75 Å². The van der Waals surface area contributed by atoms with Gasteiger partial charge in [-0.15, -0.1) is 0 Å². The van der Waals surface area contributed by atoms with E-state index in [4.69, 9.17) is 9.47 Å². The van der Waals surface area contributed by atoms with Gasteiger partial charge in [0.1, 0.15) is 12.4 Å². The molecule has 0 spiro atoms. The minimum Gasteiger partial charge on any atom is -0.490 e. The van der Waals surface area contributed by atoms with Crippen molar-refractivity contribution < 1.29 is 14.3 Å². The second-order valence-corrected chi connectivity index (χ2v) is 6.31. The van der Waals surface area contributed by atoms with Gasteiger partial charge in [-0.2, -0.15) is 0 Å². The number of nitrogens with one attached hydrogen (secondary N) is 1. The Labute approximate surface area is 147 Å². The van der Waals surface area contributed by atoms with Gasteiger partial charge < -0.3 is 14.0 Å². The topological polar surface area (TPSA) is 82.5 Å². The van der Waals surface area contributed by atoms with Crippen LogP contribution in [0.3, 0.4) is 0 Å². The molecule has 8 heteroatoms. The average molecular weight is 359 g/mol. The molecule has 7 nitrogen and oxygen atoms in total. The normalized spacial score (nSPS) is 10.8. The lowest BCUT2D eigenvalue weighted by Crippen LogP contribution is -2.22. The molecule has 25 heavy (non-hydrogen) atoms. The van der Waals surface area contributed by atoms with Gasteiger partial charge >= 0.3 is 0 Å². The quantitative estimate of drug-likeness (QED) is 0.683. The fourth-order valence-electron chi connectivity index (χ4n) is 2.23. The van der Waals surface area contributed by atoms with E-state index < -0.39 is 0 Å². The Morgan fingerprint density at radius 2 is 2.12 bits per heavy atom. The van der Waals surface area contributed by atoms with Crippen molar-refractivity contribution in [1.82, 2.24) is 9.55 Å². The molecule has 0 bridgehead atoms. The minimum absolute atomic E-state index is 0.221. The number of ether oxygens (including phenoxy) is 2. The summed E-state index contributed by atoms with van der Waals surface area (Å²) in [5.74, 6) is -0.166. The summed E-state index contributed by atoms with van der Waals surface area (Å²) in [5, 5.41) is 3.26. The van der Waals surface area contributed by atoms with Crippen LogP contribution in [0.4, 0.5) is 5.13 Å². The first-order valence-electron chi connectivity index (χ1n) is 7.58. The summed E-state index contributed by atoms with van der Waals surface area (Å²) in [6, 6.07) is 8.92. The first-order valence-corrected chi connectivity index (χ1v) is 8.39. The highest BCUT2D eigenvalue weighted by Crippen LogP contribution is 2.26.